The molecule has 92 valence electrons. The number of nitrogens with one attached hydrogen (secondary N) is 1. The molecule has 2 atom stereocenters. The van der Waals surface area contributed by atoms with Crippen molar-refractivity contribution in [1.29, 1.82) is 0 Å². The van der Waals surface area contributed by atoms with E-state index in [-0.39, 0.29) is 5.91 Å². The van der Waals surface area contributed by atoms with Gasteiger partial charge in [0.1, 0.15) is 5.92 Å². The Kier molecular flexibility index (Phi) is 4.73. The van der Waals surface area contributed by atoms with Gasteiger partial charge in [-0.3, -0.25) is 9.59 Å². The van der Waals surface area contributed by atoms with Crippen molar-refractivity contribution < 1.29 is 14.7 Å². The van der Waals surface area contributed by atoms with E-state index < -0.39 is 11.9 Å². The maximum absolute atomic E-state index is 11.4. The molecule has 5 nitrogen and oxygen atoms in total. The molecule has 0 radical (unpaired) electrons. The van der Waals surface area contributed by atoms with E-state index in [2.05, 4.69) is 17.3 Å². The number of carboxylic acids is 1. The maximum Gasteiger partial charge on any atom is 0.315 e. The third-order valence-electron chi connectivity index (χ3n) is 3.05. The zero-order chi connectivity index (χ0) is 12.1. The number of aliphatic carboxylic acids is 1. The molecule has 1 aliphatic rings. The van der Waals surface area contributed by atoms with Crippen LogP contribution in [0.2, 0.25) is 0 Å². The van der Waals surface area contributed by atoms with E-state index in [1.54, 1.807) is 0 Å². The number of piperidine rings is 1. The SMILES string of the molecule is CC(C(=O)O)C(=O)NCC1CCCN(C)C1. The molecule has 0 aromatic rings. The fraction of sp³-hybridized carbons (Fsp3) is 0.818. The van der Waals surface area contributed by atoms with Crippen molar-refractivity contribution in [2.75, 3.05) is 26.7 Å². The van der Waals surface area contributed by atoms with Gasteiger partial charge in [-0.25, -0.2) is 0 Å². The van der Waals surface area contributed by atoms with Gasteiger partial charge in [-0.1, -0.05) is 0 Å². The number of carbonyl (C=O) groups is 2. The first-order valence-electron chi connectivity index (χ1n) is 5.69. The minimum absolute atomic E-state index is 0.388. The van der Waals surface area contributed by atoms with E-state index in [1.165, 1.54) is 6.92 Å². The van der Waals surface area contributed by atoms with Crippen molar-refractivity contribution in [3.63, 3.8) is 0 Å². The highest BCUT2D eigenvalue weighted by atomic mass is 16.4. The second-order valence-corrected chi connectivity index (χ2v) is 4.58. The first-order chi connectivity index (χ1) is 7.50. The molecule has 1 rings (SSSR count). The summed E-state index contributed by atoms with van der Waals surface area (Å²) in [6.45, 7) is 4.07. The zero-order valence-corrected chi connectivity index (χ0v) is 9.90. The lowest BCUT2D eigenvalue weighted by Gasteiger charge is -2.29. The number of amides is 1. The van der Waals surface area contributed by atoms with Crippen LogP contribution >= 0.6 is 0 Å². The summed E-state index contributed by atoms with van der Waals surface area (Å²) in [5.41, 5.74) is 0. The van der Waals surface area contributed by atoms with Crippen LogP contribution in [0.4, 0.5) is 0 Å². The van der Waals surface area contributed by atoms with E-state index in [0.29, 0.717) is 12.5 Å². The summed E-state index contributed by atoms with van der Waals surface area (Å²) in [7, 11) is 2.06. The Bertz CT molecular complexity index is 268. The molecule has 0 saturated carbocycles. The molecule has 0 aliphatic carbocycles. The average Bonchev–Trinajstić information content (AvgIpc) is 2.24. The van der Waals surface area contributed by atoms with Gasteiger partial charge in [0, 0.05) is 13.1 Å². The summed E-state index contributed by atoms with van der Waals surface area (Å²) >= 11 is 0. The summed E-state index contributed by atoms with van der Waals surface area (Å²) in [6.07, 6.45) is 2.25. The molecule has 16 heavy (non-hydrogen) atoms. The first-order valence-corrected chi connectivity index (χ1v) is 5.69. The van der Waals surface area contributed by atoms with E-state index >= 15 is 0 Å². The highest BCUT2D eigenvalue weighted by Crippen LogP contribution is 2.13. The molecule has 1 fully saturated rings. The van der Waals surface area contributed by atoms with Crippen LogP contribution in [0.25, 0.3) is 0 Å². The average molecular weight is 228 g/mol. The third-order valence-corrected chi connectivity index (χ3v) is 3.05. The lowest BCUT2D eigenvalue weighted by atomic mass is 9.98. The van der Waals surface area contributed by atoms with Crippen LogP contribution in [0.5, 0.6) is 0 Å². The Hall–Kier alpha value is -1.10. The molecule has 5 heteroatoms. The standard InChI is InChI=1S/C11H20N2O3/c1-8(11(15)16)10(14)12-6-9-4-3-5-13(2)7-9/h8-9H,3-7H2,1-2H3,(H,12,14)(H,15,16). The minimum atomic E-state index is -1.07. The van der Waals surface area contributed by atoms with Crippen LogP contribution in [0, 0.1) is 11.8 Å². The summed E-state index contributed by atoms with van der Waals surface area (Å²) in [5.74, 6) is -1.97. The summed E-state index contributed by atoms with van der Waals surface area (Å²) in [6, 6.07) is 0. The van der Waals surface area contributed by atoms with Crippen molar-refractivity contribution in [2.24, 2.45) is 11.8 Å². The van der Waals surface area contributed by atoms with E-state index in [4.69, 9.17) is 5.11 Å². The molecule has 2 N–H and O–H groups in total. The van der Waals surface area contributed by atoms with Crippen molar-refractivity contribution in [1.82, 2.24) is 10.2 Å². The quantitative estimate of drug-likeness (QED) is 0.673. The van der Waals surface area contributed by atoms with Crippen LogP contribution in [-0.4, -0.2) is 48.6 Å². The van der Waals surface area contributed by atoms with E-state index in [0.717, 1.165) is 25.9 Å². The van der Waals surface area contributed by atoms with Gasteiger partial charge >= 0.3 is 5.97 Å². The molecule has 1 heterocycles. The van der Waals surface area contributed by atoms with Crippen LogP contribution in [0.15, 0.2) is 0 Å². The Balaban J connectivity index is 2.28. The topological polar surface area (TPSA) is 69.6 Å². The normalized spacial score (nSPS) is 23.8. The lowest BCUT2D eigenvalue weighted by molar-refractivity contribution is -0.146. The second kappa shape index (κ2) is 5.84. The van der Waals surface area contributed by atoms with Gasteiger partial charge in [-0.05, 0) is 39.3 Å². The van der Waals surface area contributed by atoms with E-state index in [1.807, 2.05) is 0 Å². The Morgan fingerprint density at radius 3 is 2.81 bits per heavy atom. The molecule has 1 amide bonds. The Labute approximate surface area is 95.8 Å². The third kappa shape index (κ3) is 3.81. The minimum Gasteiger partial charge on any atom is -0.481 e. The van der Waals surface area contributed by atoms with Crippen LogP contribution in [0.1, 0.15) is 19.8 Å². The molecule has 0 aromatic heterocycles. The monoisotopic (exact) mass is 228 g/mol. The largest absolute Gasteiger partial charge is 0.481 e. The van der Waals surface area contributed by atoms with Crippen LogP contribution < -0.4 is 5.32 Å². The van der Waals surface area contributed by atoms with Gasteiger partial charge in [0.15, 0.2) is 0 Å². The van der Waals surface area contributed by atoms with Crippen LogP contribution in [-0.2, 0) is 9.59 Å². The molecule has 1 aliphatic heterocycles. The maximum atomic E-state index is 11.4. The predicted octanol–water partition coefficient (Wildman–Crippen LogP) is 0.165. The predicted molar refractivity (Wildman–Crippen MR) is 60.0 cm³/mol. The summed E-state index contributed by atoms with van der Waals surface area (Å²) in [5, 5.41) is 11.4. The Morgan fingerprint density at radius 1 is 1.56 bits per heavy atom. The smallest absolute Gasteiger partial charge is 0.315 e. The number of likely N-dealkylation sites (tertiary alicyclic amines) is 1. The van der Waals surface area contributed by atoms with Crippen molar-refractivity contribution in [3.8, 4) is 0 Å². The fourth-order valence-electron chi connectivity index (χ4n) is 1.95. The summed E-state index contributed by atoms with van der Waals surface area (Å²) in [4.78, 5) is 24.2. The molecule has 0 bridgehead atoms. The van der Waals surface area contributed by atoms with E-state index in [9.17, 15) is 9.59 Å². The van der Waals surface area contributed by atoms with Gasteiger partial charge in [-0.2, -0.15) is 0 Å². The molecule has 0 spiro atoms. The van der Waals surface area contributed by atoms with Gasteiger partial charge in [0.05, 0.1) is 0 Å². The highest BCUT2D eigenvalue weighted by molar-refractivity contribution is 5.96. The van der Waals surface area contributed by atoms with Crippen molar-refractivity contribution in [3.05, 3.63) is 0 Å². The van der Waals surface area contributed by atoms with Crippen molar-refractivity contribution in [2.45, 2.75) is 19.8 Å². The van der Waals surface area contributed by atoms with Crippen LogP contribution in [0.3, 0.4) is 0 Å². The molecular weight excluding hydrogens is 208 g/mol. The number of nitrogens with zero attached hydrogens (tertiary/aromatic N) is 1. The fourth-order valence-corrected chi connectivity index (χ4v) is 1.95. The van der Waals surface area contributed by atoms with Gasteiger partial charge in [-0.15, -0.1) is 0 Å². The molecule has 2 unspecified atom stereocenters. The first kappa shape index (κ1) is 13.0. The lowest BCUT2D eigenvalue weighted by Crippen LogP contribution is -2.41. The van der Waals surface area contributed by atoms with Gasteiger partial charge in [0.2, 0.25) is 5.91 Å². The van der Waals surface area contributed by atoms with Gasteiger partial charge < -0.3 is 15.3 Å². The number of carbonyl (C=O) groups excluding carboxylic acids is 1. The number of hydrogen-bond donors (Lipinski definition) is 2. The second-order valence-electron chi connectivity index (χ2n) is 4.58. The molecule has 1 saturated heterocycles. The highest BCUT2D eigenvalue weighted by Gasteiger charge is 2.22. The van der Waals surface area contributed by atoms with Gasteiger partial charge in [0.25, 0.3) is 0 Å². The molecule has 0 aromatic carbocycles. The van der Waals surface area contributed by atoms with Crippen molar-refractivity contribution >= 4 is 11.9 Å². The Morgan fingerprint density at radius 2 is 2.25 bits per heavy atom. The number of hydrogen-bond acceptors (Lipinski definition) is 3. The summed E-state index contributed by atoms with van der Waals surface area (Å²) < 4.78 is 0. The zero-order valence-electron chi connectivity index (χ0n) is 9.90. The molecular formula is C11H20N2O3. The number of carboxylic acid groups (broad SMARTS) is 1. The number of rotatable bonds is 4.